The molecule has 110 valence electrons. The Bertz CT molecular complexity index is 427. The van der Waals surface area contributed by atoms with Crippen molar-refractivity contribution in [2.45, 2.75) is 31.6 Å². The van der Waals surface area contributed by atoms with Gasteiger partial charge in [0.1, 0.15) is 0 Å². The average molecular weight is 292 g/mol. The van der Waals surface area contributed by atoms with Crippen LogP contribution in [0.4, 0.5) is 0 Å². The zero-order chi connectivity index (χ0) is 14.4. The van der Waals surface area contributed by atoms with Crippen LogP contribution in [-0.4, -0.2) is 42.7 Å². The lowest BCUT2D eigenvalue weighted by atomic mass is 10.0. The Morgan fingerprint density at radius 2 is 1.95 bits per heavy atom. The fourth-order valence-corrected chi connectivity index (χ4v) is 3.16. The lowest BCUT2D eigenvalue weighted by molar-refractivity contribution is 0.0703. The van der Waals surface area contributed by atoms with Gasteiger partial charge in [0.15, 0.2) is 0 Å². The third-order valence-electron chi connectivity index (χ3n) is 3.85. The number of nitrogens with zero attached hydrogens (tertiary/aromatic N) is 1. The number of rotatable bonds is 5. The van der Waals surface area contributed by atoms with E-state index in [-0.39, 0.29) is 5.91 Å². The van der Waals surface area contributed by atoms with Crippen LogP contribution in [0.2, 0.25) is 0 Å². The van der Waals surface area contributed by atoms with Crippen LogP contribution in [0.5, 0.6) is 0 Å². The third kappa shape index (κ3) is 4.00. The Morgan fingerprint density at radius 3 is 2.55 bits per heavy atom. The Labute approximate surface area is 126 Å². The molecule has 20 heavy (non-hydrogen) atoms. The second kappa shape index (κ2) is 7.70. The summed E-state index contributed by atoms with van der Waals surface area (Å²) in [5.41, 5.74) is 2.09. The molecule has 1 N–H and O–H groups in total. The summed E-state index contributed by atoms with van der Waals surface area (Å²) in [6.45, 7) is 4.18. The number of carbonyl (C=O) groups excluding carboxylic acids is 1. The maximum atomic E-state index is 12.5. The first kappa shape index (κ1) is 15.4. The molecule has 1 heterocycles. The van der Waals surface area contributed by atoms with Gasteiger partial charge in [-0.2, -0.15) is 11.8 Å². The van der Waals surface area contributed by atoms with Gasteiger partial charge in [-0.1, -0.05) is 19.1 Å². The largest absolute Gasteiger partial charge is 0.339 e. The van der Waals surface area contributed by atoms with Crippen molar-refractivity contribution in [3.05, 3.63) is 35.4 Å². The SMILES string of the molecule is CCSCc1ccc(C(=O)N(C)C2CCNCC2)cc1. The van der Waals surface area contributed by atoms with Gasteiger partial charge < -0.3 is 10.2 Å². The Morgan fingerprint density at radius 1 is 1.30 bits per heavy atom. The van der Waals surface area contributed by atoms with Crippen LogP contribution in [0.25, 0.3) is 0 Å². The number of benzene rings is 1. The van der Waals surface area contributed by atoms with Crippen molar-refractivity contribution in [3.8, 4) is 0 Å². The Balaban J connectivity index is 1.97. The van der Waals surface area contributed by atoms with E-state index < -0.39 is 0 Å². The van der Waals surface area contributed by atoms with Crippen molar-refractivity contribution < 1.29 is 4.79 Å². The zero-order valence-electron chi connectivity index (χ0n) is 12.4. The van der Waals surface area contributed by atoms with Gasteiger partial charge >= 0.3 is 0 Å². The van der Waals surface area contributed by atoms with Gasteiger partial charge in [-0.05, 0) is 49.4 Å². The van der Waals surface area contributed by atoms with Gasteiger partial charge in [0.05, 0.1) is 0 Å². The van der Waals surface area contributed by atoms with E-state index in [1.54, 1.807) is 0 Å². The quantitative estimate of drug-likeness (QED) is 0.905. The molecule has 1 aliphatic rings. The molecule has 3 nitrogen and oxygen atoms in total. The van der Waals surface area contributed by atoms with Gasteiger partial charge in [-0.3, -0.25) is 4.79 Å². The summed E-state index contributed by atoms with van der Waals surface area (Å²) in [6.07, 6.45) is 2.10. The molecule has 0 aromatic heterocycles. The van der Waals surface area contributed by atoms with Crippen molar-refractivity contribution in [1.82, 2.24) is 10.2 Å². The molecule has 0 spiro atoms. The van der Waals surface area contributed by atoms with E-state index in [0.29, 0.717) is 6.04 Å². The van der Waals surface area contributed by atoms with Gasteiger partial charge in [0.25, 0.3) is 5.91 Å². The molecule has 0 saturated carbocycles. The van der Waals surface area contributed by atoms with Crippen LogP contribution < -0.4 is 5.32 Å². The lowest BCUT2D eigenvalue weighted by Crippen LogP contribution is -2.43. The Hall–Kier alpha value is -1.00. The molecule has 1 aliphatic heterocycles. The molecule has 1 saturated heterocycles. The minimum absolute atomic E-state index is 0.145. The average Bonchev–Trinajstić information content (AvgIpc) is 2.53. The predicted molar refractivity (Wildman–Crippen MR) is 86.3 cm³/mol. The van der Waals surface area contributed by atoms with Crippen molar-refractivity contribution in [3.63, 3.8) is 0 Å². The van der Waals surface area contributed by atoms with Gasteiger partial charge in [0.2, 0.25) is 0 Å². The predicted octanol–water partition coefficient (Wildman–Crippen LogP) is 2.76. The maximum absolute atomic E-state index is 12.5. The minimum Gasteiger partial charge on any atom is -0.339 e. The highest BCUT2D eigenvalue weighted by Crippen LogP contribution is 2.16. The van der Waals surface area contributed by atoms with Crippen molar-refractivity contribution in [2.24, 2.45) is 0 Å². The summed E-state index contributed by atoms with van der Waals surface area (Å²) in [4.78, 5) is 14.4. The standard InChI is InChI=1S/C16H24N2OS/c1-3-20-12-13-4-6-14(7-5-13)16(19)18(2)15-8-10-17-11-9-15/h4-7,15,17H,3,8-12H2,1-2H3. The number of hydrogen-bond acceptors (Lipinski definition) is 3. The molecule has 1 amide bonds. The number of piperidine rings is 1. The summed E-state index contributed by atoms with van der Waals surface area (Å²) in [5, 5.41) is 3.34. The molecule has 2 rings (SSSR count). The first-order valence-electron chi connectivity index (χ1n) is 7.37. The zero-order valence-corrected chi connectivity index (χ0v) is 13.2. The molecule has 4 heteroatoms. The molecule has 0 aliphatic carbocycles. The maximum Gasteiger partial charge on any atom is 0.253 e. The molecule has 0 bridgehead atoms. The van der Waals surface area contributed by atoms with Crippen LogP contribution >= 0.6 is 11.8 Å². The van der Waals surface area contributed by atoms with Crippen LogP contribution in [-0.2, 0) is 5.75 Å². The Kier molecular flexibility index (Phi) is 5.92. The van der Waals surface area contributed by atoms with E-state index in [2.05, 4.69) is 24.4 Å². The number of hydrogen-bond donors (Lipinski definition) is 1. The molecule has 0 atom stereocenters. The smallest absolute Gasteiger partial charge is 0.253 e. The highest BCUT2D eigenvalue weighted by molar-refractivity contribution is 7.98. The molecule has 0 radical (unpaired) electrons. The molecule has 1 fully saturated rings. The van der Waals surface area contributed by atoms with Crippen LogP contribution in [0.3, 0.4) is 0 Å². The first-order valence-corrected chi connectivity index (χ1v) is 8.52. The number of carbonyl (C=O) groups is 1. The van der Waals surface area contributed by atoms with Gasteiger partial charge in [-0.15, -0.1) is 0 Å². The highest BCUT2D eigenvalue weighted by atomic mass is 32.2. The van der Waals surface area contributed by atoms with Crippen LogP contribution in [0.15, 0.2) is 24.3 Å². The first-order chi connectivity index (χ1) is 9.72. The highest BCUT2D eigenvalue weighted by Gasteiger charge is 2.22. The van der Waals surface area contributed by atoms with E-state index in [1.807, 2.05) is 35.8 Å². The topological polar surface area (TPSA) is 32.3 Å². The van der Waals surface area contributed by atoms with Crippen molar-refractivity contribution >= 4 is 17.7 Å². The number of amides is 1. The fourth-order valence-electron chi connectivity index (χ4n) is 2.53. The van der Waals surface area contributed by atoms with Gasteiger partial charge in [-0.25, -0.2) is 0 Å². The monoisotopic (exact) mass is 292 g/mol. The van der Waals surface area contributed by atoms with Crippen molar-refractivity contribution in [1.29, 1.82) is 0 Å². The summed E-state index contributed by atoms with van der Waals surface area (Å²) in [6, 6.07) is 8.45. The van der Waals surface area contributed by atoms with Crippen LogP contribution in [0.1, 0.15) is 35.7 Å². The minimum atomic E-state index is 0.145. The van der Waals surface area contributed by atoms with Crippen LogP contribution in [0, 0.1) is 0 Å². The summed E-state index contributed by atoms with van der Waals surface area (Å²) >= 11 is 1.90. The molecule has 1 aromatic carbocycles. The lowest BCUT2D eigenvalue weighted by Gasteiger charge is -2.31. The summed E-state index contributed by atoms with van der Waals surface area (Å²) in [5.74, 6) is 2.29. The van der Waals surface area contributed by atoms with E-state index in [0.717, 1.165) is 43.0 Å². The normalized spacial score (nSPS) is 16.1. The van der Waals surface area contributed by atoms with E-state index in [4.69, 9.17) is 0 Å². The molecular formula is C16H24N2OS. The number of nitrogens with one attached hydrogen (secondary N) is 1. The summed E-state index contributed by atoms with van der Waals surface area (Å²) in [7, 11) is 1.93. The van der Waals surface area contributed by atoms with Gasteiger partial charge in [0, 0.05) is 24.4 Å². The second-order valence-electron chi connectivity index (χ2n) is 5.23. The molecule has 1 aromatic rings. The van der Waals surface area contributed by atoms with E-state index in [9.17, 15) is 4.79 Å². The molecular weight excluding hydrogens is 268 g/mol. The summed E-state index contributed by atoms with van der Waals surface area (Å²) < 4.78 is 0. The molecule has 0 unspecified atom stereocenters. The fraction of sp³-hybridized carbons (Fsp3) is 0.562. The van der Waals surface area contributed by atoms with E-state index in [1.165, 1.54) is 5.56 Å². The van der Waals surface area contributed by atoms with Crippen molar-refractivity contribution in [2.75, 3.05) is 25.9 Å². The number of thioether (sulfide) groups is 1. The third-order valence-corrected chi connectivity index (χ3v) is 4.80. The van der Waals surface area contributed by atoms with E-state index >= 15 is 0 Å². The second-order valence-corrected chi connectivity index (χ2v) is 6.51.